The highest BCUT2D eigenvalue weighted by molar-refractivity contribution is 5.93. The van der Waals surface area contributed by atoms with Crippen LogP contribution in [-0.4, -0.2) is 37.5 Å². The minimum atomic E-state index is 0.546. The number of ether oxygens (including phenoxy) is 2. The van der Waals surface area contributed by atoms with E-state index in [0.29, 0.717) is 17.4 Å². The van der Waals surface area contributed by atoms with Gasteiger partial charge in [-0.25, -0.2) is 0 Å². The Morgan fingerprint density at radius 2 is 1.80 bits per heavy atom. The van der Waals surface area contributed by atoms with E-state index in [1.165, 1.54) is 5.56 Å². The van der Waals surface area contributed by atoms with E-state index in [4.69, 9.17) is 9.47 Å². The Balaban J connectivity index is 1.70. The van der Waals surface area contributed by atoms with Crippen molar-refractivity contribution in [3.63, 3.8) is 0 Å². The number of anilines is 1. The molecule has 1 unspecified atom stereocenters. The average molecular weight is 335 g/mol. The van der Waals surface area contributed by atoms with Gasteiger partial charge < -0.3 is 14.4 Å². The molecular formula is C20H21N3O2. The molecule has 0 amide bonds. The highest BCUT2D eigenvalue weighted by Gasteiger charge is 2.25. The molecule has 4 rings (SSSR count). The maximum atomic E-state index is 5.46. The molecule has 1 aliphatic rings. The average Bonchev–Trinajstić information content (AvgIpc) is 3.17. The fourth-order valence-electron chi connectivity index (χ4n) is 3.60. The third kappa shape index (κ3) is 2.86. The summed E-state index contributed by atoms with van der Waals surface area (Å²) in [6.07, 6.45) is 2.99. The molecule has 0 aliphatic carbocycles. The zero-order chi connectivity index (χ0) is 17.2. The van der Waals surface area contributed by atoms with Crippen LogP contribution in [0, 0.1) is 0 Å². The molecule has 128 valence electrons. The van der Waals surface area contributed by atoms with Crippen molar-refractivity contribution >= 4 is 16.6 Å². The molecule has 0 saturated carbocycles. The number of aromatic nitrogens is 2. The second-order valence-corrected chi connectivity index (χ2v) is 6.30. The molecule has 2 heterocycles. The van der Waals surface area contributed by atoms with Crippen molar-refractivity contribution in [2.75, 3.05) is 32.2 Å². The molecule has 1 saturated heterocycles. The SMILES string of the molecule is COc1cc2nncc(N3CCC(c4ccccc4)C3)c2cc1OC. The molecule has 3 aromatic rings. The summed E-state index contributed by atoms with van der Waals surface area (Å²) in [7, 11) is 3.28. The van der Waals surface area contributed by atoms with Crippen LogP contribution < -0.4 is 14.4 Å². The quantitative estimate of drug-likeness (QED) is 0.728. The van der Waals surface area contributed by atoms with Crippen LogP contribution in [0.1, 0.15) is 17.9 Å². The first-order chi connectivity index (χ1) is 12.3. The van der Waals surface area contributed by atoms with Crippen LogP contribution in [-0.2, 0) is 0 Å². The maximum absolute atomic E-state index is 5.46. The number of benzene rings is 2. The lowest BCUT2D eigenvalue weighted by Gasteiger charge is -2.20. The summed E-state index contributed by atoms with van der Waals surface area (Å²) < 4.78 is 10.8. The van der Waals surface area contributed by atoms with Gasteiger partial charge in [0.1, 0.15) is 0 Å². The number of nitrogens with zero attached hydrogens (tertiary/aromatic N) is 3. The van der Waals surface area contributed by atoms with Crippen LogP contribution in [0.3, 0.4) is 0 Å². The Morgan fingerprint density at radius 1 is 1.04 bits per heavy atom. The summed E-state index contributed by atoms with van der Waals surface area (Å²) in [6, 6.07) is 14.6. The lowest BCUT2D eigenvalue weighted by molar-refractivity contribution is 0.355. The van der Waals surface area contributed by atoms with Gasteiger partial charge in [-0.2, -0.15) is 10.2 Å². The van der Waals surface area contributed by atoms with Crippen LogP contribution in [0.4, 0.5) is 5.69 Å². The van der Waals surface area contributed by atoms with E-state index in [-0.39, 0.29) is 0 Å². The molecular weight excluding hydrogens is 314 g/mol. The molecule has 0 N–H and O–H groups in total. The molecule has 1 aliphatic heterocycles. The van der Waals surface area contributed by atoms with Crippen molar-refractivity contribution in [3.8, 4) is 11.5 Å². The fraction of sp³-hybridized carbons (Fsp3) is 0.300. The monoisotopic (exact) mass is 335 g/mol. The van der Waals surface area contributed by atoms with Crippen molar-refractivity contribution < 1.29 is 9.47 Å². The van der Waals surface area contributed by atoms with Crippen molar-refractivity contribution in [1.29, 1.82) is 0 Å². The molecule has 5 nitrogen and oxygen atoms in total. The highest BCUT2D eigenvalue weighted by atomic mass is 16.5. The van der Waals surface area contributed by atoms with Gasteiger partial charge in [-0.3, -0.25) is 0 Å². The van der Waals surface area contributed by atoms with E-state index in [1.54, 1.807) is 14.2 Å². The van der Waals surface area contributed by atoms with Crippen molar-refractivity contribution in [3.05, 3.63) is 54.2 Å². The first kappa shape index (κ1) is 15.7. The zero-order valence-electron chi connectivity index (χ0n) is 14.5. The predicted octanol–water partition coefficient (Wildman–Crippen LogP) is 3.64. The number of methoxy groups -OCH3 is 2. The molecule has 5 heteroatoms. The summed E-state index contributed by atoms with van der Waals surface area (Å²) in [4.78, 5) is 2.39. The van der Waals surface area contributed by atoms with E-state index < -0.39 is 0 Å². The third-order valence-corrected chi connectivity index (χ3v) is 4.92. The smallest absolute Gasteiger partial charge is 0.162 e. The molecule has 1 atom stereocenters. The lowest BCUT2D eigenvalue weighted by atomic mass is 9.99. The molecule has 2 aromatic carbocycles. The molecule has 1 fully saturated rings. The fourth-order valence-corrected chi connectivity index (χ4v) is 3.60. The van der Waals surface area contributed by atoms with Gasteiger partial charge in [0, 0.05) is 30.5 Å². The minimum Gasteiger partial charge on any atom is -0.493 e. The van der Waals surface area contributed by atoms with Gasteiger partial charge in [-0.15, -0.1) is 0 Å². The van der Waals surface area contributed by atoms with E-state index in [9.17, 15) is 0 Å². The second kappa shape index (κ2) is 6.59. The predicted molar refractivity (Wildman–Crippen MR) is 98.7 cm³/mol. The van der Waals surface area contributed by atoms with Crippen LogP contribution in [0.25, 0.3) is 10.9 Å². The summed E-state index contributed by atoms with van der Waals surface area (Å²) in [5, 5.41) is 9.50. The molecule has 0 spiro atoms. The van der Waals surface area contributed by atoms with Crippen LogP contribution in [0.2, 0.25) is 0 Å². The molecule has 0 radical (unpaired) electrons. The first-order valence-electron chi connectivity index (χ1n) is 8.47. The second-order valence-electron chi connectivity index (χ2n) is 6.30. The van der Waals surface area contributed by atoms with E-state index in [2.05, 4.69) is 45.4 Å². The minimum absolute atomic E-state index is 0.546. The van der Waals surface area contributed by atoms with Gasteiger partial charge in [0.15, 0.2) is 11.5 Å². The van der Waals surface area contributed by atoms with E-state index in [1.807, 2.05) is 18.3 Å². The van der Waals surface area contributed by atoms with Gasteiger partial charge in [0.2, 0.25) is 0 Å². The van der Waals surface area contributed by atoms with Crippen LogP contribution in [0.15, 0.2) is 48.7 Å². The maximum Gasteiger partial charge on any atom is 0.162 e. The lowest BCUT2D eigenvalue weighted by Crippen LogP contribution is -2.20. The van der Waals surface area contributed by atoms with Crippen LogP contribution in [0.5, 0.6) is 11.5 Å². The van der Waals surface area contributed by atoms with E-state index >= 15 is 0 Å². The first-order valence-corrected chi connectivity index (χ1v) is 8.47. The normalized spacial score (nSPS) is 17.0. The van der Waals surface area contributed by atoms with Gasteiger partial charge in [-0.1, -0.05) is 30.3 Å². The Labute approximate surface area is 147 Å². The number of rotatable bonds is 4. The molecule has 1 aromatic heterocycles. The van der Waals surface area contributed by atoms with E-state index in [0.717, 1.165) is 36.1 Å². The summed E-state index contributed by atoms with van der Waals surface area (Å²) in [6.45, 7) is 1.99. The summed E-state index contributed by atoms with van der Waals surface area (Å²) >= 11 is 0. The van der Waals surface area contributed by atoms with Gasteiger partial charge in [0.05, 0.1) is 31.6 Å². The van der Waals surface area contributed by atoms with Crippen LogP contribution >= 0.6 is 0 Å². The Morgan fingerprint density at radius 3 is 2.56 bits per heavy atom. The Bertz CT molecular complexity index is 883. The summed E-state index contributed by atoms with van der Waals surface area (Å²) in [5.41, 5.74) is 3.32. The Kier molecular flexibility index (Phi) is 4.14. The van der Waals surface area contributed by atoms with Gasteiger partial charge in [-0.05, 0) is 18.1 Å². The number of hydrogen-bond donors (Lipinski definition) is 0. The summed E-state index contributed by atoms with van der Waals surface area (Å²) in [5.74, 6) is 1.93. The third-order valence-electron chi connectivity index (χ3n) is 4.92. The van der Waals surface area contributed by atoms with Crippen molar-refractivity contribution in [1.82, 2.24) is 10.2 Å². The number of hydrogen-bond acceptors (Lipinski definition) is 5. The van der Waals surface area contributed by atoms with Gasteiger partial charge in [0.25, 0.3) is 0 Å². The van der Waals surface area contributed by atoms with Gasteiger partial charge >= 0.3 is 0 Å². The highest BCUT2D eigenvalue weighted by Crippen LogP contribution is 2.38. The molecule has 0 bridgehead atoms. The zero-order valence-corrected chi connectivity index (χ0v) is 14.5. The standard InChI is InChI=1S/C20H21N3O2/c1-24-19-10-16-17(11-20(19)25-2)22-21-12-18(16)23-9-8-15(13-23)14-6-4-3-5-7-14/h3-7,10-12,15H,8-9,13H2,1-2H3. The topological polar surface area (TPSA) is 47.5 Å². The van der Waals surface area contributed by atoms with Crippen molar-refractivity contribution in [2.45, 2.75) is 12.3 Å². The Hall–Kier alpha value is -2.82. The van der Waals surface area contributed by atoms with Crippen molar-refractivity contribution in [2.24, 2.45) is 0 Å². The largest absolute Gasteiger partial charge is 0.493 e. The molecule has 25 heavy (non-hydrogen) atoms. The number of fused-ring (bicyclic) bond motifs is 1.